The van der Waals surface area contributed by atoms with Crippen LogP contribution in [0.1, 0.15) is 19.3 Å². The first-order valence-corrected chi connectivity index (χ1v) is 8.02. The van der Waals surface area contributed by atoms with Gasteiger partial charge in [-0.05, 0) is 30.9 Å². The summed E-state index contributed by atoms with van der Waals surface area (Å²) in [6, 6.07) is 2.40. The quantitative estimate of drug-likeness (QED) is 0.795. The Kier molecular flexibility index (Phi) is 4.55. The van der Waals surface area contributed by atoms with Crippen molar-refractivity contribution >= 4 is 12.0 Å². The summed E-state index contributed by atoms with van der Waals surface area (Å²) in [5, 5.41) is 12.2. The van der Waals surface area contributed by atoms with E-state index in [4.69, 9.17) is 4.74 Å². The van der Waals surface area contributed by atoms with E-state index in [1.807, 2.05) is 0 Å². The molecule has 1 aliphatic carbocycles. The fourth-order valence-corrected chi connectivity index (χ4v) is 3.69. The zero-order chi connectivity index (χ0) is 17.2. The van der Waals surface area contributed by atoms with Crippen LogP contribution in [0.15, 0.2) is 18.3 Å². The van der Waals surface area contributed by atoms with Crippen molar-refractivity contribution in [2.45, 2.75) is 19.3 Å². The molecule has 8 heteroatoms. The number of carboxylic acids is 1. The van der Waals surface area contributed by atoms with Crippen LogP contribution in [0.5, 0.6) is 5.88 Å². The normalized spacial score (nSPS) is 25.4. The molecule has 2 N–H and O–H groups in total. The van der Waals surface area contributed by atoms with Crippen molar-refractivity contribution in [3.63, 3.8) is 0 Å². The Labute approximate surface area is 138 Å². The number of urea groups is 1. The van der Waals surface area contributed by atoms with Crippen molar-refractivity contribution in [3.8, 4) is 5.88 Å². The molecule has 2 fully saturated rings. The highest BCUT2D eigenvalue weighted by Gasteiger charge is 2.55. The number of rotatable bonds is 5. The largest absolute Gasteiger partial charge is 0.481 e. The van der Waals surface area contributed by atoms with Gasteiger partial charge in [0.1, 0.15) is 6.61 Å². The van der Waals surface area contributed by atoms with E-state index in [0.29, 0.717) is 13.0 Å². The molecule has 0 bridgehead atoms. The van der Waals surface area contributed by atoms with Gasteiger partial charge in [-0.3, -0.25) is 4.79 Å². The van der Waals surface area contributed by atoms with Gasteiger partial charge in [-0.2, -0.15) is 0 Å². The minimum atomic E-state index is -0.811. The van der Waals surface area contributed by atoms with Gasteiger partial charge in [0.25, 0.3) is 0 Å². The van der Waals surface area contributed by atoms with Gasteiger partial charge in [-0.15, -0.1) is 0 Å². The van der Waals surface area contributed by atoms with Gasteiger partial charge in [0, 0.05) is 19.3 Å². The van der Waals surface area contributed by atoms with Crippen molar-refractivity contribution in [1.29, 1.82) is 0 Å². The molecule has 1 saturated carbocycles. The molecular formula is C16H20FN3O4. The summed E-state index contributed by atoms with van der Waals surface area (Å²) in [4.78, 5) is 29.1. The van der Waals surface area contributed by atoms with Crippen LogP contribution < -0.4 is 10.1 Å². The SMILES string of the molecule is O=C(NCCOc1ncccc1F)N1C[C@@H]2CCC[C@@]2(C(=O)O)C1. The van der Waals surface area contributed by atoms with Crippen LogP contribution >= 0.6 is 0 Å². The van der Waals surface area contributed by atoms with E-state index in [1.165, 1.54) is 18.3 Å². The molecule has 2 atom stereocenters. The van der Waals surface area contributed by atoms with Crippen molar-refractivity contribution in [3.05, 3.63) is 24.1 Å². The first-order valence-electron chi connectivity index (χ1n) is 8.02. The zero-order valence-electron chi connectivity index (χ0n) is 13.2. The van der Waals surface area contributed by atoms with Crippen LogP contribution in [-0.2, 0) is 4.79 Å². The molecule has 2 amide bonds. The Morgan fingerprint density at radius 1 is 1.54 bits per heavy atom. The summed E-state index contributed by atoms with van der Waals surface area (Å²) in [7, 11) is 0. The molecule has 2 aliphatic rings. The van der Waals surface area contributed by atoms with Crippen LogP contribution in [0.25, 0.3) is 0 Å². The third-order valence-electron chi connectivity index (χ3n) is 4.93. The number of halogens is 1. The average Bonchev–Trinajstić information content (AvgIpc) is 3.11. The summed E-state index contributed by atoms with van der Waals surface area (Å²) < 4.78 is 18.5. The summed E-state index contributed by atoms with van der Waals surface area (Å²) in [5.41, 5.74) is -0.787. The van der Waals surface area contributed by atoms with Crippen molar-refractivity contribution < 1.29 is 23.8 Å². The molecule has 0 radical (unpaired) electrons. The maximum absolute atomic E-state index is 13.3. The Bertz CT molecular complexity index is 642. The molecule has 0 spiro atoms. The molecule has 3 rings (SSSR count). The Morgan fingerprint density at radius 2 is 2.38 bits per heavy atom. The Balaban J connectivity index is 1.47. The summed E-state index contributed by atoms with van der Waals surface area (Å²) in [6.45, 7) is 0.986. The number of carbonyl (C=O) groups excluding carboxylic acids is 1. The number of nitrogens with zero attached hydrogens (tertiary/aromatic N) is 2. The third kappa shape index (κ3) is 3.00. The van der Waals surface area contributed by atoms with Gasteiger partial charge in [0.05, 0.1) is 12.0 Å². The van der Waals surface area contributed by atoms with Gasteiger partial charge in [0.2, 0.25) is 5.88 Å². The fourth-order valence-electron chi connectivity index (χ4n) is 3.69. The third-order valence-corrected chi connectivity index (χ3v) is 4.93. The predicted octanol–water partition coefficient (Wildman–Crippen LogP) is 1.50. The number of fused-ring (bicyclic) bond motifs is 1. The van der Waals surface area contributed by atoms with Crippen LogP contribution in [0, 0.1) is 17.2 Å². The number of amides is 2. The van der Waals surface area contributed by atoms with Gasteiger partial charge >= 0.3 is 12.0 Å². The molecule has 0 aromatic carbocycles. The first-order chi connectivity index (χ1) is 11.5. The number of aromatic nitrogens is 1. The number of hydrogen-bond donors (Lipinski definition) is 2. The summed E-state index contributed by atoms with van der Waals surface area (Å²) in [6.07, 6.45) is 3.79. The van der Waals surface area contributed by atoms with Gasteiger partial charge in [-0.1, -0.05) is 6.42 Å². The van der Waals surface area contributed by atoms with E-state index in [9.17, 15) is 19.1 Å². The van der Waals surface area contributed by atoms with Crippen LogP contribution in [0.4, 0.5) is 9.18 Å². The molecule has 1 aromatic heterocycles. The number of likely N-dealkylation sites (tertiary alicyclic amines) is 1. The lowest BCUT2D eigenvalue weighted by atomic mass is 9.81. The second-order valence-electron chi connectivity index (χ2n) is 6.30. The van der Waals surface area contributed by atoms with Crippen molar-refractivity contribution in [2.75, 3.05) is 26.2 Å². The number of ether oxygens (including phenoxy) is 1. The van der Waals surface area contributed by atoms with E-state index in [0.717, 1.165) is 12.8 Å². The monoisotopic (exact) mass is 337 g/mol. The topological polar surface area (TPSA) is 91.8 Å². The minimum Gasteiger partial charge on any atom is -0.481 e. The second-order valence-corrected chi connectivity index (χ2v) is 6.30. The predicted molar refractivity (Wildman–Crippen MR) is 82.1 cm³/mol. The fraction of sp³-hybridized carbons (Fsp3) is 0.562. The second kappa shape index (κ2) is 6.62. The summed E-state index contributed by atoms with van der Waals surface area (Å²) >= 11 is 0. The standard InChI is InChI=1S/C16H20FN3O4/c17-12-4-2-6-18-13(12)24-8-7-19-15(23)20-9-11-3-1-5-16(11,10-20)14(21)22/h2,4,6,11H,1,3,5,7-10H2,(H,19,23)(H,21,22)/t11-,16+/m0/s1. The number of aliphatic carboxylic acids is 1. The highest BCUT2D eigenvalue weighted by atomic mass is 19.1. The maximum atomic E-state index is 13.3. The minimum absolute atomic E-state index is 0.0274. The van der Waals surface area contributed by atoms with Crippen molar-refractivity contribution in [1.82, 2.24) is 15.2 Å². The number of carbonyl (C=O) groups is 2. The highest BCUT2D eigenvalue weighted by molar-refractivity contribution is 5.80. The number of pyridine rings is 1. The lowest BCUT2D eigenvalue weighted by molar-refractivity contribution is -0.149. The van der Waals surface area contributed by atoms with E-state index < -0.39 is 17.2 Å². The van der Waals surface area contributed by atoms with E-state index in [2.05, 4.69) is 10.3 Å². The van der Waals surface area contributed by atoms with Gasteiger partial charge in [-0.25, -0.2) is 14.2 Å². The van der Waals surface area contributed by atoms with E-state index in [-0.39, 0.29) is 37.5 Å². The smallest absolute Gasteiger partial charge is 0.317 e. The lowest BCUT2D eigenvalue weighted by Gasteiger charge is -2.23. The Hall–Kier alpha value is -2.38. The van der Waals surface area contributed by atoms with Crippen LogP contribution in [0.2, 0.25) is 0 Å². The van der Waals surface area contributed by atoms with Gasteiger partial charge < -0.3 is 20.1 Å². The number of hydrogen-bond acceptors (Lipinski definition) is 4. The highest BCUT2D eigenvalue weighted by Crippen LogP contribution is 2.48. The summed E-state index contributed by atoms with van der Waals surface area (Å²) in [5.74, 6) is -1.44. The zero-order valence-corrected chi connectivity index (χ0v) is 13.2. The van der Waals surface area contributed by atoms with E-state index >= 15 is 0 Å². The molecule has 1 aliphatic heterocycles. The van der Waals surface area contributed by atoms with Crippen LogP contribution in [-0.4, -0.2) is 53.2 Å². The van der Waals surface area contributed by atoms with Crippen molar-refractivity contribution in [2.24, 2.45) is 11.3 Å². The lowest BCUT2D eigenvalue weighted by Crippen LogP contribution is -2.42. The Morgan fingerprint density at radius 3 is 3.08 bits per heavy atom. The van der Waals surface area contributed by atoms with Crippen LogP contribution in [0.3, 0.4) is 0 Å². The molecule has 7 nitrogen and oxygen atoms in total. The van der Waals surface area contributed by atoms with Gasteiger partial charge in [0.15, 0.2) is 5.82 Å². The average molecular weight is 337 g/mol. The maximum Gasteiger partial charge on any atom is 0.317 e. The van der Waals surface area contributed by atoms with E-state index in [1.54, 1.807) is 4.90 Å². The molecule has 0 unspecified atom stereocenters. The first kappa shape index (κ1) is 16.5. The number of carboxylic acid groups (broad SMARTS) is 1. The molecular weight excluding hydrogens is 317 g/mol. The molecule has 2 heterocycles. The molecule has 1 saturated heterocycles. The number of nitrogens with one attached hydrogen (secondary N) is 1. The molecule has 1 aromatic rings. The molecule has 24 heavy (non-hydrogen) atoms. The molecule has 130 valence electrons.